The molecule has 0 bridgehead atoms. The van der Waals surface area contributed by atoms with Gasteiger partial charge in [0, 0.05) is 22.3 Å². The second kappa shape index (κ2) is 6.54. The number of aromatic hydroxyl groups is 1. The number of allylic oxidation sites excluding steroid dienone is 2. The Balaban J connectivity index is 2.08. The maximum Gasteiger partial charge on any atom is 0.209 e. The lowest BCUT2D eigenvalue weighted by molar-refractivity contribution is -0.171. The van der Waals surface area contributed by atoms with Gasteiger partial charge in [-0.1, -0.05) is 39.8 Å². The fourth-order valence-corrected chi connectivity index (χ4v) is 6.69. The molecule has 7 nitrogen and oxygen atoms in total. The number of hydrogen-bond donors (Lipinski definition) is 4. The molecule has 0 fully saturated rings. The van der Waals surface area contributed by atoms with Crippen LogP contribution in [-0.4, -0.2) is 43.4 Å². The zero-order valence-corrected chi connectivity index (χ0v) is 18.8. The van der Waals surface area contributed by atoms with Crippen molar-refractivity contribution in [3.8, 4) is 5.75 Å². The van der Waals surface area contributed by atoms with Gasteiger partial charge in [0.1, 0.15) is 22.8 Å². The van der Waals surface area contributed by atoms with Gasteiger partial charge in [-0.15, -0.1) is 0 Å². The van der Waals surface area contributed by atoms with Gasteiger partial charge in [-0.25, -0.2) is 0 Å². The molecule has 4 rings (SSSR count). The van der Waals surface area contributed by atoms with Crippen molar-refractivity contribution in [2.45, 2.75) is 53.1 Å². The Kier molecular flexibility index (Phi) is 4.55. The van der Waals surface area contributed by atoms with Crippen LogP contribution in [0.1, 0.15) is 57.0 Å². The Bertz CT molecular complexity index is 1160. The van der Waals surface area contributed by atoms with Gasteiger partial charge in [-0.3, -0.25) is 14.4 Å². The summed E-state index contributed by atoms with van der Waals surface area (Å²) in [6, 6.07) is 4.73. The zero-order valence-electron chi connectivity index (χ0n) is 18.8. The lowest BCUT2D eigenvalue weighted by Crippen LogP contribution is -2.67. The van der Waals surface area contributed by atoms with Crippen molar-refractivity contribution in [2.24, 2.45) is 22.7 Å². The van der Waals surface area contributed by atoms with Crippen LogP contribution < -0.4 is 0 Å². The van der Waals surface area contributed by atoms with E-state index in [0.29, 0.717) is 5.56 Å². The largest absolute Gasteiger partial charge is 0.511 e. The third-order valence-corrected chi connectivity index (χ3v) is 7.74. The normalized spacial score (nSPS) is 34.4. The molecule has 0 aromatic heterocycles. The van der Waals surface area contributed by atoms with Crippen LogP contribution in [0.5, 0.6) is 5.75 Å². The molecular weight excluding hydrogens is 412 g/mol. The highest BCUT2D eigenvalue weighted by molar-refractivity contribution is 6.25. The van der Waals surface area contributed by atoms with Gasteiger partial charge in [-0.2, -0.15) is 0 Å². The molecule has 0 saturated heterocycles. The highest BCUT2D eigenvalue weighted by atomic mass is 16.3. The average molecular weight is 440 g/mol. The van der Waals surface area contributed by atoms with Crippen molar-refractivity contribution in [1.29, 1.82) is 0 Å². The van der Waals surface area contributed by atoms with Crippen LogP contribution in [0.3, 0.4) is 0 Å². The van der Waals surface area contributed by atoms with Crippen LogP contribution >= 0.6 is 0 Å². The lowest BCUT2D eigenvalue weighted by atomic mass is 9.44. The van der Waals surface area contributed by atoms with Crippen LogP contribution in [0, 0.1) is 22.7 Å². The number of aliphatic hydroxyl groups excluding tert-OH is 2. The molecular formula is C25H28O7. The van der Waals surface area contributed by atoms with Crippen LogP contribution in [0.15, 0.2) is 40.9 Å². The molecule has 32 heavy (non-hydrogen) atoms. The SMILES string of the molecule is CC(=O)C1=C(O)C(C(C)C)[C@@]2(C)C[C@@]3(C)Cc4cccc(O)c4C(=O)C3=C(O)[C@@]2(O)C1=O. The number of phenolic OH excluding ortho intramolecular Hbond substituents is 1. The predicted octanol–water partition coefficient (Wildman–Crippen LogP) is 3.35. The molecule has 3 aliphatic carbocycles. The topological polar surface area (TPSA) is 132 Å². The summed E-state index contributed by atoms with van der Waals surface area (Å²) in [5.41, 5.74) is -4.97. The van der Waals surface area contributed by atoms with E-state index >= 15 is 0 Å². The molecule has 1 aromatic carbocycles. The molecule has 1 unspecified atom stereocenters. The van der Waals surface area contributed by atoms with Crippen LogP contribution in [-0.2, 0) is 16.0 Å². The van der Waals surface area contributed by atoms with Gasteiger partial charge >= 0.3 is 0 Å². The lowest BCUT2D eigenvalue weighted by Gasteiger charge is -2.59. The first-order valence-corrected chi connectivity index (χ1v) is 10.7. The smallest absolute Gasteiger partial charge is 0.209 e. The molecule has 0 radical (unpaired) electrons. The minimum atomic E-state index is -2.57. The van der Waals surface area contributed by atoms with Gasteiger partial charge in [0.25, 0.3) is 0 Å². The second-order valence-electron chi connectivity index (χ2n) is 10.3. The zero-order chi connectivity index (χ0) is 24.0. The highest BCUT2D eigenvalue weighted by Crippen LogP contribution is 2.64. The van der Waals surface area contributed by atoms with E-state index in [9.17, 15) is 34.8 Å². The number of benzene rings is 1. The summed E-state index contributed by atoms with van der Waals surface area (Å²) in [4.78, 5) is 39.2. The number of Topliss-reactive ketones (excluding diaryl/α,β-unsaturated/α-hetero) is 3. The van der Waals surface area contributed by atoms with E-state index in [2.05, 4.69) is 0 Å². The van der Waals surface area contributed by atoms with E-state index in [1.807, 2.05) is 0 Å². The molecule has 4 N–H and O–H groups in total. The standard InChI is InChI=1S/C25H28O7/c1-11(2)17-19(28)15(12(3)26)21(30)25(32)22(31)18-20(29)16-13(7-6-8-14(16)27)9-23(18,4)10-24(17,25)5/h6-8,11,17,27-28,31-32H,9-10H2,1-5H3/t17?,23-,24-,25+/m1/s1. The number of rotatable bonds is 2. The molecule has 7 heteroatoms. The first-order valence-electron chi connectivity index (χ1n) is 10.7. The van der Waals surface area contributed by atoms with E-state index in [-0.39, 0.29) is 41.4 Å². The van der Waals surface area contributed by atoms with Crippen LogP contribution in [0.2, 0.25) is 0 Å². The third-order valence-electron chi connectivity index (χ3n) is 7.74. The average Bonchev–Trinajstić information content (AvgIpc) is 2.64. The maximum atomic E-state index is 13.5. The third kappa shape index (κ3) is 2.43. The predicted molar refractivity (Wildman–Crippen MR) is 115 cm³/mol. The van der Waals surface area contributed by atoms with Crippen molar-refractivity contribution in [2.75, 3.05) is 0 Å². The number of phenols is 1. The Morgan fingerprint density at radius 1 is 1.12 bits per heavy atom. The molecule has 0 saturated carbocycles. The van der Waals surface area contributed by atoms with Gasteiger partial charge in [-0.05, 0) is 37.3 Å². The molecule has 0 aliphatic heterocycles. The van der Waals surface area contributed by atoms with E-state index in [4.69, 9.17) is 0 Å². The summed E-state index contributed by atoms with van der Waals surface area (Å²) in [5, 5.41) is 44.6. The molecule has 170 valence electrons. The molecule has 0 heterocycles. The molecule has 1 aromatic rings. The van der Waals surface area contributed by atoms with Crippen molar-refractivity contribution in [3.05, 3.63) is 52.0 Å². The quantitative estimate of drug-likeness (QED) is 0.519. The van der Waals surface area contributed by atoms with Crippen molar-refractivity contribution >= 4 is 17.3 Å². The number of hydrogen-bond acceptors (Lipinski definition) is 7. The Labute approximate surface area is 186 Å². The summed E-state index contributed by atoms with van der Waals surface area (Å²) < 4.78 is 0. The Morgan fingerprint density at radius 2 is 1.75 bits per heavy atom. The minimum absolute atomic E-state index is 0.0348. The summed E-state index contributed by atoms with van der Waals surface area (Å²) in [7, 11) is 0. The van der Waals surface area contributed by atoms with Crippen molar-refractivity contribution < 1.29 is 34.8 Å². The fourth-order valence-electron chi connectivity index (χ4n) is 6.69. The van der Waals surface area contributed by atoms with E-state index < -0.39 is 51.0 Å². The van der Waals surface area contributed by atoms with Gasteiger partial charge in [0.2, 0.25) is 5.78 Å². The number of aliphatic hydroxyl groups is 3. The fraction of sp³-hybridized carbons (Fsp3) is 0.480. The summed E-state index contributed by atoms with van der Waals surface area (Å²) in [6.45, 7) is 8.11. The highest BCUT2D eigenvalue weighted by Gasteiger charge is 2.71. The number of carbonyl (C=O) groups excluding carboxylic acids is 3. The van der Waals surface area contributed by atoms with E-state index in [0.717, 1.165) is 6.92 Å². The second-order valence-corrected chi connectivity index (χ2v) is 10.3. The van der Waals surface area contributed by atoms with Crippen LogP contribution in [0.4, 0.5) is 0 Å². The molecule has 0 amide bonds. The van der Waals surface area contributed by atoms with Crippen molar-refractivity contribution in [1.82, 2.24) is 0 Å². The summed E-state index contributed by atoms with van der Waals surface area (Å²) in [5.74, 6) is -5.02. The maximum absolute atomic E-state index is 13.5. The van der Waals surface area contributed by atoms with Crippen LogP contribution in [0.25, 0.3) is 0 Å². The van der Waals surface area contributed by atoms with Gasteiger partial charge < -0.3 is 20.4 Å². The first-order chi connectivity index (χ1) is 14.7. The molecule has 0 spiro atoms. The van der Waals surface area contributed by atoms with Crippen molar-refractivity contribution in [3.63, 3.8) is 0 Å². The number of carbonyl (C=O) groups is 3. The van der Waals surface area contributed by atoms with E-state index in [1.165, 1.54) is 6.07 Å². The first kappa shape index (κ1) is 22.3. The van der Waals surface area contributed by atoms with E-state index in [1.54, 1.807) is 39.8 Å². The van der Waals surface area contributed by atoms with Gasteiger partial charge in [0.05, 0.1) is 5.56 Å². The number of ketones is 3. The molecule has 4 atom stereocenters. The molecule has 3 aliphatic rings. The number of fused-ring (bicyclic) bond motifs is 3. The Hall–Kier alpha value is -2.93. The summed E-state index contributed by atoms with van der Waals surface area (Å²) >= 11 is 0. The minimum Gasteiger partial charge on any atom is -0.511 e. The summed E-state index contributed by atoms with van der Waals surface area (Å²) in [6.07, 6.45) is 0.386. The van der Waals surface area contributed by atoms with Gasteiger partial charge in [0.15, 0.2) is 17.2 Å². The monoisotopic (exact) mass is 440 g/mol. The Morgan fingerprint density at radius 3 is 2.31 bits per heavy atom.